The van der Waals surface area contributed by atoms with E-state index in [9.17, 15) is 14.4 Å². The summed E-state index contributed by atoms with van der Waals surface area (Å²) in [5.41, 5.74) is 1.81. The highest BCUT2D eigenvalue weighted by Crippen LogP contribution is 2.17. The quantitative estimate of drug-likeness (QED) is 0.253. The van der Waals surface area contributed by atoms with E-state index in [2.05, 4.69) is 22.1 Å². The summed E-state index contributed by atoms with van der Waals surface area (Å²) in [7, 11) is 1.61. The Morgan fingerprint density at radius 3 is 2.39 bits per heavy atom. The molecule has 2 aromatic heterocycles. The molecule has 0 bridgehead atoms. The van der Waals surface area contributed by atoms with Gasteiger partial charge in [0.1, 0.15) is 0 Å². The average Bonchev–Trinajstić information content (AvgIpc) is 3.16. The van der Waals surface area contributed by atoms with Crippen LogP contribution in [0.1, 0.15) is 22.3 Å². The number of nitrogens with one attached hydrogen (secondary N) is 2. The van der Waals surface area contributed by atoms with Crippen LogP contribution in [0.3, 0.4) is 0 Å². The molecule has 31 heavy (non-hydrogen) atoms. The van der Waals surface area contributed by atoms with Crippen molar-refractivity contribution < 1.29 is 9.36 Å². The maximum absolute atomic E-state index is 12.6. The monoisotopic (exact) mass is 435 g/mol. The number of Topliss-reactive ketones (excluding diaryl/α,β-unsaturated/α-hetero) is 1. The van der Waals surface area contributed by atoms with Gasteiger partial charge in [-0.3, -0.25) is 19.1 Å². The number of hydrogen-bond acceptors (Lipinski definition) is 4. The van der Waals surface area contributed by atoms with Crippen molar-refractivity contribution in [1.29, 1.82) is 0 Å². The Labute approximate surface area is 182 Å². The number of ketones is 1. The fourth-order valence-corrected chi connectivity index (χ4v) is 4.47. The molecule has 2 N–H and O–H groups in total. The molecular formula is C23H23N4O3S+. The Balaban J connectivity index is 1.63. The molecule has 0 fully saturated rings. The first-order valence-corrected chi connectivity index (χ1v) is 11.0. The average molecular weight is 436 g/mol. The van der Waals surface area contributed by atoms with Crippen LogP contribution in [-0.4, -0.2) is 26.1 Å². The van der Waals surface area contributed by atoms with Crippen LogP contribution >= 0.6 is 11.8 Å². The fourth-order valence-electron chi connectivity index (χ4n) is 3.53. The van der Waals surface area contributed by atoms with Crippen LogP contribution in [0.2, 0.25) is 0 Å². The molecule has 0 saturated heterocycles. The maximum Gasteiger partial charge on any atom is 0.331 e. The molecule has 0 aliphatic carbocycles. The number of carbonyl (C=O) groups excluding carboxylic acids is 1. The van der Waals surface area contributed by atoms with Crippen LogP contribution in [0, 0.1) is 0 Å². The standard InChI is InChI=1S/C23H22N4O3S/c1-26-20-19(21(29)25-22(26)30)27(14-8-11-16-9-4-2-5-10-16)23(24-20)31-15-18(28)17-12-6-3-7-13-17/h2-7,9-10,12-13H,8,11,14-15H2,1H3,(H,25,29,30)/p+1. The normalized spacial score (nSPS) is 11.1. The summed E-state index contributed by atoms with van der Waals surface area (Å²) in [6.07, 6.45) is 1.67. The zero-order chi connectivity index (χ0) is 21.8. The van der Waals surface area contributed by atoms with Crippen molar-refractivity contribution in [3.63, 3.8) is 0 Å². The van der Waals surface area contributed by atoms with Gasteiger partial charge in [-0.2, -0.15) is 0 Å². The summed E-state index contributed by atoms with van der Waals surface area (Å²) < 4.78 is 3.26. The summed E-state index contributed by atoms with van der Waals surface area (Å²) >= 11 is 1.33. The minimum atomic E-state index is -0.480. The maximum atomic E-state index is 12.6. The van der Waals surface area contributed by atoms with Gasteiger partial charge in [0.15, 0.2) is 5.78 Å². The summed E-state index contributed by atoms with van der Waals surface area (Å²) in [6, 6.07) is 19.3. The van der Waals surface area contributed by atoms with Gasteiger partial charge in [0.2, 0.25) is 0 Å². The number of carbonyl (C=O) groups is 1. The van der Waals surface area contributed by atoms with Crippen molar-refractivity contribution in [2.24, 2.45) is 7.05 Å². The minimum absolute atomic E-state index is 0.00268. The summed E-state index contributed by atoms with van der Waals surface area (Å²) in [6.45, 7) is 0.581. The molecular weight excluding hydrogens is 412 g/mol. The van der Waals surface area contributed by atoms with Gasteiger partial charge in [-0.15, -0.1) is 0 Å². The van der Waals surface area contributed by atoms with E-state index < -0.39 is 11.2 Å². The summed E-state index contributed by atoms with van der Waals surface area (Å²) in [5.74, 6) is 0.226. The predicted octanol–water partition coefficient (Wildman–Crippen LogP) is 2.45. The summed E-state index contributed by atoms with van der Waals surface area (Å²) in [5, 5.41) is 0.680. The first-order chi connectivity index (χ1) is 15.0. The van der Waals surface area contributed by atoms with E-state index in [1.165, 1.54) is 21.9 Å². The number of aryl methyl sites for hydroxylation is 3. The van der Waals surface area contributed by atoms with Crippen molar-refractivity contribution in [1.82, 2.24) is 14.5 Å². The van der Waals surface area contributed by atoms with Gasteiger partial charge in [0.25, 0.3) is 11.2 Å². The first kappa shape index (κ1) is 20.9. The Kier molecular flexibility index (Phi) is 6.18. The van der Waals surface area contributed by atoms with Gasteiger partial charge in [-0.05, 0) is 30.2 Å². The number of hydrogen-bond donors (Lipinski definition) is 2. The van der Waals surface area contributed by atoms with Crippen LogP contribution in [0.15, 0.2) is 75.4 Å². The SMILES string of the molecule is Cn1c(=O)[nH]c(=O)c2c1[nH]c(SCC(=O)c1ccccc1)[n+]2CCCc1ccccc1. The Bertz CT molecular complexity index is 1320. The van der Waals surface area contributed by atoms with Crippen LogP contribution in [0.25, 0.3) is 11.2 Å². The number of fused-ring (bicyclic) bond motifs is 1. The van der Waals surface area contributed by atoms with E-state index in [0.29, 0.717) is 28.4 Å². The Hall–Kier alpha value is -3.39. The second-order valence-electron chi connectivity index (χ2n) is 7.26. The van der Waals surface area contributed by atoms with E-state index >= 15 is 0 Å². The third-order valence-corrected chi connectivity index (χ3v) is 6.17. The van der Waals surface area contributed by atoms with Gasteiger partial charge < -0.3 is 0 Å². The Morgan fingerprint density at radius 1 is 1.00 bits per heavy atom. The van der Waals surface area contributed by atoms with E-state index in [1.807, 2.05) is 41.0 Å². The van der Waals surface area contributed by atoms with Crippen molar-refractivity contribution in [2.75, 3.05) is 5.75 Å². The molecule has 158 valence electrons. The molecule has 2 heterocycles. The van der Waals surface area contributed by atoms with Crippen molar-refractivity contribution in [2.45, 2.75) is 24.5 Å². The largest absolute Gasteiger partial charge is 0.331 e. The van der Waals surface area contributed by atoms with Gasteiger partial charge >= 0.3 is 16.4 Å². The lowest BCUT2D eigenvalue weighted by molar-refractivity contribution is -0.709. The number of benzene rings is 2. The van der Waals surface area contributed by atoms with E-state index in [-0.39, 0.29) is 11.5 Å². The molecule has 7 nitrogen and oxygen atoms in total. The van der Waals surface area contributed by atoms with Crippen LogP contribution < -0.4 is 15.8 Å². The molecule has 8 heteroatoms. The van der Waals surface area contributed by atoms with Gasteiger partial charge in [0.05, 0.1) is 12.3 Å². The van der Waals surface area contributed by atoms with Crippen molar-refractivity contribution >= 4 is 28.7 Å². The van der Waals surface area contributed by atoms with Gasteiger partial charge in [-0.1, -0.05) is 60.7 Å². The second-order valence-corrected chi connectivity index (χ2v) is 8.23. The highest BCUT2D eigenvalue weighted by molar-refractivity contribution is 7.99. The molecule has 0 unspecified atom stereocenters. The molecule has 0 aliphatic rings. The number of aromatic nitrogens is 4. The number of aromatic amines is 2. The lowest BCUT2D eigenvalue weighted by Gasteiger charge is -2.03. The highest BCUT2D eigenvalue weighted by atomic mass is 32.2. The van der Waals surface area contributed by atoms with Crippen molar-refractivity contribution in [3.8, 4) is 0 Å². The molecule has 0 saturated carbocycles. The number of nitrogens with zero attached hydrogens (tertiary/aromatic N) is 2. The van der Waals surface area contributed by atoms with E-state index in [1.54, 1.807) is 19.2 Å². The van der Waals surface area contributed by atoms with Crippen LogP contribution in [0.4, 0.5) is 0 Å². The molecule has 0 spiro atoms. The van der Waals surface area contributed by atoms with Crippen LogP contribution in [-0.2, 0) is 20.0 Å². The predicted molar refractivity (Wildman–Crippen MR) is 121 cm³/mol. The van der Waals surface area contributed by atoms with Gasteiger partial charge in [-0.25, -0.2) is 14.3 Å². The first-order valence-electron chi connectivity index (χ1n) is 10.0. The second kappa shape index (κ2) is 9.18. The number of H-pyrrole nitrogens is 2. The number of rotatable bonds is 8. The fraction of sp³-hybridized carbons (Fsp3) is 0.217. The zero-order valence-electron chi connectivity index (χ0n) is 17.1. The third kappa shape index (κ3) is 4.54. The van der Waals surface area contributed by atoms with Crippen molar-refractivity contribution in [3.05, 3.63) is 92.6 Å². The highest BCUT2D eigenvalue weighted by Gasteiger charge is 2.25. The molecule has 4 rings (SSSR count). The lowest BCUT2D eigenvalue weighted by Crippen LogP contribution is -2.41. The van der Waals surface area contributed by atoms with E-state index in [4.69, 9.17) is 0 Å². The molecule has 0 amide bonds. The molecule has 4 aromatic rings. The lowest BCUT2D eigenvalue weighted by atomic mass is 10.1. The van der Waals surface area contributed by atoms with E-state index in [0.717, 1.165) is 12.8 Å². The van der Waals surface area contributed by atoms with Gasteiger partial charge in [0, 0.05) is 12.6 Å². The van der Waals surface area contributed by atoms with Crippen LogP contribution in [0.5, 0.6) is 0 Å². The molecule has 0 aliphatic heterocycles. The third-order valence-electron chi connectivity index (χ3n) is 5.17. The molecule has 0 atom stereocenters. The number of imidazole rings is 1. The summed E-state index contributed by atoms with van der Waals surface area (Å²) in [4.78, 5) is 42.8. The zero-order valence-corrected chi connectivity index (χ0v) is 17.9. The molecule has 2 aromatic carbocycles. The number of thioether (sulfide) groups is 1. The Morgan fingerprint density at radius 2 is 1.68 bits per heavy atom. The topological polar surface area (TPSA) is 91.6 Å². The molecule has 0 radical (unpaired) electrons. The minimum Gasteiger partial charge on any atom is -0.293 e. The smallest absolute Gasteiger partial charge is 0.293 e.